The fourth-order valence-electron chi connectivity index (χ4n) is 0.588. The number of carbonyl (C=O) groups is 2. The van der Waals surface area contributed by atoms with Crippen LogP contribution in [0.5, 0.6) is 0 Å². The van der Waals surface area contributed by atoms with Crippen LogP contribution in [0.4, 0.5) is 0 Å². The third-order valence-corrected chi connectivity index (χ3v) is 2.91. The van der Waals surface area contributed by atoms with E-state index < -0.39 is 46.1 Å². The molecule has 9 heteroatoms. The number of rotatable bonds is 6. The highest BCUT2D eigenvalue weighted by Crippen LogP contribution is 1.97. The van der Waals surface area contributed by atoms with Gasteiger partial charge in [-0.3, -0.25) is 9.59 Å². The van der Waals surface area contributed by atoms with Crippen molar-refractivity contribution < 1.29 is 28.2 Å². The molecule has 0 bridgehead atoms. The van der Waals surface area contributed by atoms with Gasteiger partial charge in [0.2, 0.25) is 0 Å². The Labute approximate surface area is 87.4 Å². The first-order valence-electron chi connectivity index (χ1n) is 3.47. The summed E-state index contributed by atoms with van der Waals surface area (Å²) in [6.07, 6.45) is -0.968. The monoisotopic (exact) mass is 246 g/mol. The standard InChI is InChI=1S/C6H10O6S.2H3N/c7-5(8)1-3-13(11,12)4-2-6(9)10;;/h1-4H2,(H,7,8)(H,9,10);2*1H3/p+2. The van der Waals surface area contributed by atoms with Gasteiger partial charge >= 0.3 is 11.9 Å². The summed E-state index contributed by atoms with van der Waals surface area (Å²) in [7, 11) is -3.53. The summed E-state index contributed by atoms with van der Waals surface area (Å²) in [6.45, 7) is 0. The predicted molar refractivity (Wildman–Crippen MR) is 55.1 cm³/mol. The first-order chi connectivity index (χ1) is 5.83. The van der Waals surface area contributed by atoms with Crippen molar-refractivity contribution in [2.45, 2.75) is 12.8 Å². The molecule has 0 aliphatic carbocycles. The van der Waals surface area contributed by atoms with Crippen LogP contribution < -0.4 is 12.3 Å². The Morgan fingerprint density at radius 2 is 1.13 bits per heavy atom. The number of sulfone groups is 1. The topological polar surface area (TPSA) is 182 Å². The van der Waals surface area contributed by atoms with Gasteiger partial charge < -0.3 is 22.5 Å². The second-order valence-corrected chi connectivity index (χ2v) is 4.74. The molecule has 0 aliphatic heterocycles. The molecule has 0 aromatic carbocycles. The van der Waals surface area contributed by atoms with E-state index in [0.29, 0.717) is 0 Å². The summed E-state index contributed by atoms with van der Waals surface area (Å²) in [5, 5.41) is 16.3. The lowest BCUT2D eigenvalue weighted by atomic mass is 10.5. The molecule has 0 amide bonds. The van der Waals surface area contributed by atoms with Crippen LogP contribution in [0.2, 0.25) is 0 Å². The minimum atomic E-state index is -3.53. The Balaban J connectivity index is -0.000000720. The maximum Gasteiger partial charge on any atom is 0.304 e. The third-order valence-electron chi connectivity index (χ3n) is 1.25. The molecular formula is C6H18N2O6S+2. The van der Waals surface area contributed by atoms with E-state index in [-0.39, 0.29) is 12.3 Å². The summed E-state index contributed by atoms with van der Waals surface area (Å²) >= 11 is 0. The van der Waals surface area contributed by atoms with Gasteiger partial charge in [0.15, 0.2) is 9.84 Å². The van der Waals surface area contributed by atoms with Gasteiger partial charge in [-0.15, -0.1) is 0 Å². The third kappa shape index (κ3) is 12.8. The summed E-state index contributed by atoms with van der Waals surface area (Å²) < 4.78 is 21.8. The smallest absolute Gasteiger partial charge is 0.304 e. The van der Waals surface area contributed by atoms with Crippen molar-refractivity contribution in [3.63, 3.8) is 0 Å². The molecule has 0 heterocycles. The maximum atomic E-state index is 10.9. The van der Waals surface area contributed by atoms with Crippen molar-refractivity contribution in [1.29, 1.82) is 0 Å². The van der Waals surface area contributed by atoms with Gasteiger partial charge in [-0.1, -0.05) is 0 Å². The van der Waals surface area contributed by atoms with E-state index in [1.54, 1.807) is 0 Å². The van der Waals surface area contributed by atoms with Crippen molar-refractivity contribution in [2.75, 3.05) is 11.5 Å². The Bertz CT molecular complexity index is 275. The van der Waals surface area contributed by atoms with E-state index in [4.69, 9.17) is 10.2 Å². The molecule has 8 nitrogen and oxygen atoms in total. The quantitative estimate of drug-likeness (QED) is 0.515. The van der Waals surface area contributed by atoms with Gasteiger partial charge in [-0.25, -0.2) is 8.42 Å². The SMILES string of the molecule is O=C(O)CCS(=O)(=O)CCC(=O)O.[NH4+].[NH4+]. The molecule has 0 fully saturated rings. The Hall–Kier alpha value is -1.19. The number of carboxylic acid groups (broad SMARTS) is 2. The molecule has 92 valence electrons. The molecule has 0 saturated carbocycles. The highest BCUT2D eigenvalue weighted by Gasteiger charge is 2.14. The minimum Gasteiger partial charge on any atom is -0.481 e. The lowest BCUT2D eigenvalue weighted by Gasteiger charge is -1.98. The lowest BCUT2D eigenvalue weighted by molar-refractivity contribution is -0.137. The van der Waals surface area contributed by atoms with E-state index in [0.717, 1.165) is 0 Å². The molecule has 0 atom stereocenters. The summed E-state index contributed by atoms with van der Waals surface area (Å²) in [5.41, 5.74) is 0. The van der Waals surface area contributed by atoms with Gasteiger partial charge in [0.1, 0.15) is 0 Å². The molecule has 10 N–H and O–H groups in total. The second-order valence-electron chi connectivity index (χ2n) is 2.44. The van der Waals surface area contributed by atoms with E-state index in [9.17, 15) is 18.0 Å². The zero-order valence-corrected chi connectivity index (χ0v) is 9.58. The number of hydrogen-bond acceptors (Lipinski definition) is 4. The normalized spacial score (nSPS) is 9.60. The molecular weight excluding hydrogens is 228 g/mol. The van der Waals surface area contributed by atoms with Gasteiger partial charge in [-0.05, 0) is 0 Å². The van der Waals surface area contributed by atoms with Crippen LogP contribution in [-0.4, -0.2) is 42.1 Å². The Morgan fingerprint density at radius 3 is 1.33 bits per heavy atom. The molecule has 0 aromatic rings. The fraction of sp³-hybridized carbons (Fsp3) is 0.667. The fourth-order valence-corrected chi connectivity index (χ4v) is 1.76. The number of hydrogen-bond donors (Lipinski definition) is 4. The largest absolute Gasteiger partial charge is 0.481 e. The highest BCUT2D eigenvalue weighted by atomic mass is 32.2. The number of aliphatic carboxylic acids is 2. The molecule has 0 aliphatic rings. The molecule has 15 heavy (non-hydrogen) atoms. The van der Waals surface area contributed by atoms with Gasteiger partial charge in [0.25, 0.3) is 0 Å². The van der Waals surface area contributed by atoms with Crippen molar-refractivity contribution in [3.05, 3.63) is 0 Å². The van der Waals surface area contributed by atoms with Crippen LogP contribution in [0.25, 0.3) is 0 Å². The van der Waals surface area contributed by atoms with Crippen LogP contribution in [0, 0.1) is 0 Å². The number of quaternary nitrogens is 2. The Morgan fingerprint density at radius 1 is 0.867 bits per heavy atom. The first-order valence-corrected chi connectivity index (χ1v) is 5.29. The minimum absolute atomic E-state index is 0. The van der Waals surface area contributed by atoms with E-state index in [2.05, 4.69) is 0 Å². The molecule has 0 rings (SSSR count). The average molecular weight is 246 g/mol. The zero-order valence-electron chi connectivity index (χ0n) is 8.76. The first kappa shape index (κ1) is 19.4. The molecule has 0 saturated heterocycles. The molecule has 0 radical (unpaired) electrons. The van der Waals surface area contributed by atoms with Crippen molar-refractivity contribution in [3.8, 4) is 0 Å². The zero-order chi connectivity index (χ0) is 10.5. The second kappa shape index (κ2) is 8.15. The van der Waals surface area contributed by atoms with Crippen LogP contribution >= 0.6 is 0 Å². The van der Waals surface area contributed by atoms with E-state index >= 15 is 0 Å². The molecule has 0 aromatic heterocycles. The van der Waals surface area contributed by atoms with Crippen molar-refractivity contribution in [2.24, 2.45) is 0 Å². The van der Waals surface area contributed by atoms with Crippen LogP contribution in [0.3, 0.4) is 0 Å². The maximum absolute atomic E-state index is 10.9. The van der Waals surface area contributed by atoms with Crippen molar-refractivity contribution in [1.82, 2.24) is 12.3 Å². The van der Waals surface area contributed by atoms with E-state index in [1.807, 2.05) is 0 Å². The van der Waals surface area contributed by atoms with Gasteiger partial charge in [0.05, 0.1) is 24.3 Å². The van der Waals surface area contributed by atoms with Crippen LogP contribution in [0.15, 0.2) is 0 Å². The molecule has 0 unspecified atom stereocenters. The van der Waals surface area contributed by atoms with Crippen LogP contribution in [-0.2, 0) is 19.4 Å². The van der Waals surface area contributed by atoms with Gasteiger partial charge in [0, 0.05) is 0 Å². The number of carboxylic acids is 2. The summed E-state index contributed by atoms with van der Waals surface area (Å²) in [4.78, 5) is 20.0. The van der Waals surface area contributed by atoms with Crippen molar-refractivity contribution >= 4 is 21.8 Å². The molecule has 0 spiro atoms. The predicted octanol–water partition coefficient (Wildman–Crippen LogP) is 0.103. The summed E-state index contributed by atoms with van der Waals surface area (Å²) in [6, 6.07) is 0. The van der Waals surface area contributed by atoms with E-state index in [1.165, 1.54) is 0 Å². The van der Waals surface area contributed by atoms with Gasteiger partial charge in [-0.2, -0.15) is 0 Å². The average Bonchev–Trinajstić information content (AvgIpc) is 1.98. The Kier molecular flexibility index (Phi) is 10.5. The highest BCUT2D eigenvalue weighted by molar-refractivity contribution is 7.91. The summed E-state index contributed by atoms with van der Waals surface area (Å²) in [5.74, 6) is -3.43. The van der Waals surface area contributed by atoms with Crippen LogP contribution in [0.1, 0.15) is 12.8 Å². The lowest BCUT2D eigenvalue weighted by Crippen LogP contribution is -2.16.